The van der Waals surface area contributed by atoms with E-state index >= 15 is 0 Å². The average molecular weight is 354 g/mol. The highest BCUT2D eigenvalue weighted by atomic mass is 32.2. The fraction of sp³-hybridized carbons (Fsp3) is 0.300. The summed E-state index contributed by atoms with van der Waals surface area (Å²) in [6, 6.07) is 15.6. The number of carbonyl (C=O) groups excluding carboxylic acids is 2. The van der Waals surface area contributed by atoms with Crippen molar-refractivity contribution >= 4 is 29.3 Å². The van der Waals surface area contributed by atoms with Crippen LogP contribution < -0.4 is 10.2 Å². The first-order valence-corrected chi connectivity index (χ1v) is 9.61. The lowest BCUT2D eigenvalue weighted by Crippen LogP contribution is -2.47. The van der Waals surface area contributed by atoms with Crippen molar-refractivity contribution in [2.45, 2.75) is 30.7 Å². The van der Waals surface area contributed by atoms with Crippen molar-refractivity contribution in [2.24, 2.45) is 0 Å². The van der Waals surface area contributed by atoms with Crippen molar-refractivity contribution in [2.75, 3.05) is 17.7 Å². The summed E-state index contributed by atoms with van der Waals surface area (Å²) in [6.45, 7) is 2.08. The van der Waals surface area contributed by atoms with Crippen LogP contribution in [-0.2, 0) is 22.4 Å². The average Bonchev–Trinajstić information content (AvgIpc) is 3.02. The fourth-order valence-corrected chi connectivity index (χ4v) is 3.63. The summed E-state index contributed by atoms with van der Waals surface area (Å²) in [6.07, 6.45) is 3.40. The van der Waals surface area contributed by atoms with Gasteiger partial charge in [0, 0.05) is 30.5 Å². The third kappa shape index (κ3) is 3.87. The molecule has 0 saturated carbocycles. The van der Waals surface area contributed by atoms with Crippen LogP contribution in [0.4, 0.5) is 5.69 Å². The van der Waals surface area contributed by atoms with E-state index in [1.165, 1.54) is 17.4 Å². The van der Waals surface area contributed by atoms with Crippen LogP contribution in [0.2, 0.25) is 0 Å². The van der Waals surface area contributed by atoms with Gasteiger partial charge >= 0.3 is 0 Å². The Labute approximate surface area is 152 Å². The molecule has 2 aromatic carbocycles. The Balaban J connectivity index is 1.60. The van der Waals surface area contributed by atoms with Crippen molar-refractivity contribution in [3.8, 4) is 0 Å². The number of nitrogens with one attached hydrogen (secondary N) is 1. The van der Waals surface area contributed by atoms with E-state index in [1.807, 2.05) is 24.3 Å². The molecular formula is C20H22N2O2S. The summed E-state index contributed by atoms with van der Waals surface area (Å²) in [7, 11) is 0. The zero-order chi connectivity index (χ0) is 17.8. The maximum absolute atomic E-state index is 12.6. The van der Waals surface area contributed by atoms with E-state index in [2.05, 4.69) is 35.8 Å². The van der Waals surface area contributed by atoms with Gasteiger partial charge < -0.3 is 5.32 Å². The van der Waals surface area contributed by atoms with Gasteiger partial charge in [0.1, 0.15) is 6.04 Å². The molecule has 0 fully saturated rings. The number of fused-ring (bicyclic) bond motifs is 1. The Morgan fingerprint density at radius 1 is 1.16 bits per heavy atom. The molecule has 0 radical (unpaired) electrons. The van der Waals surface area contributed by atoms with E-state index in [9.17, 15) is 9.59 Å². The second kappa shape index (κ2) is 7.74. The molecule has 3 rings (SSSR count). The Kier molecular flexibility index (Phi) is 5.43. The van der Waals surface area contributed by atoms with Gasteiger partial charge in [0.15, 0.2) is 0 Å². The van der Waals surface area contributed by atoms with Crippen molar-refractivity contribution in [3.05, 3.63) is 59.7 Å². The molecule has 2 aromatic rings. The second-order valence-corrected chi connectivity index (χ2v) is 7.01. The minimum Gasteiger partial charge on any atom is -0.354 e. The molecule has 1 N–H and O–H groups in total. The van der Waals surface area contributed by atoms with Crippen LogP contribution in [0.5, 0.6) is 0 Å². The van der Waals surface area contributed by atoms with Crippen LogP contribution >= 0.6 is 11.8 Å². The van der Waals surface area contributed by atoms with Gasteiger partial charge in [-0.2, -0.15) is 0 Å². The van der Waals surface area contributed by atoms with E-state index in [0.717, 1.165) is 17.7 Å². The first-order chi connectivity index (χ1) is 12.1. The standard InChI is InChI=1S/C20H22N2O2S/c1-14(23)22-18-6-4-3-5-16(18)13-19(22)20(24)21-12-11-15-7-9-17(25-2)10-8-15/h3-10,19H,11-13H2,1-2H3,(H,21,24). The second-order valence-electron chi connectivity index (χ2n) is 6.13. The van der Waals surface area contributed by atoms with Crippen molar-refractivity contribution in [3.63, 3.8) is 0 Å². The van der Waals surface area contributed by atoms with E-state index in [1.54, 1.807) is 16.7 Å². The summed E-state index contributed by atoms with van der Waals surface area (Å²) in [5, 5.41) is 2.98. The molecule has 0 spiro atoms. The molecule has 1 heterocycles. The zero-order valence-corrected chi connectivity index (χ0v) is 15.3. The first-order valence-electron chi connectivity index (χ1n) is 8.38. The number of hydrogen-bond donors (Lipinski definition) is 1. The predicted octanol–water partition coefficient (Wildman–Crippen LogP) is 3.05. The molecule has 1 unspecified atom stereocenters. The molecule has 1 aliphatic heterocycles. The molecular weight excluding hydrogens is 332 g/mol. The molecule has 25 heavy (non-hydrogen) atoms. The zero-order valence-electron chi connectivity index (χ0n) is 14.5. The molecule has 0 aromatic heterocycles. The SMILES string of the molecule is CSc1ccc(CCNC(=O)C2Cc3ccccc3N2C(C)=O)cc1. The summed E-state index contributed by atoms with van der Waals surface area (Å²) < 4.78 is 0. The number of anilines is 1. The van der Waals surface area contributed by atoms with Crippen LogP contribution in [0, 0.1) is 0 Å². The molecule has 1 aliphatic rings. The smallest absolute Gasteiger partial charge is 0.243 e. The predicted molar refractivity (Wildman–Crippen MR) is 102 cm³/mol. The fourth-order valence-electron chi connectivity index (χ4n) is 3.23. The largest absolute Gasteiger partial charge is 0.354 e. The minimum absolute atomic E-state index is 0.0906. The minimum atomic E-state index is -0.450. The molecule has 1 atom stereocenters. The van der Waals surface area contributed by atoms with Crippen LogP contribution in [0.1, 0.15) is 18.1 Å². The molecule has 2 amide bonds. The molecule has 5 heteroatoms. The van der Waals surface area contributed by atoms with Crippen LogP contribution in [0.25, 0.3) is 0 Å². The maximum atomic E-state index is 12.6. The number of para-hydroxylation sites is 1. The third-order valence-electron chi connectivity index (χ3n) is 4.49. The van der Waals surface area contributed by atoms with Gasteiger partial charge in [-0.3, -0.25) is 14.5 Å². The van der Waals surface area contributed by atoms with E-state index in [0.29, 0.717) is 13.0 Å². The van der Waals surface area contributed by atoms with Gasteiger partial charge in [-0.05, 0) is 42.0 Å². The van der Waals surface area contributed by atoms with Gasteiger partial charge in [0.25, 0.3) is 0 Å². The lowest BCUT2D eigenvalue weighted by Gasteiger charge is -2.23. The molecule has 0 aliphatic carbocycles. The van der Waals surface area contributed by atoms with E-state index in [4.69, 9.17) is 0 Å². The quantitative estimate of drug-likeness (QED) is 0.840. The number of amides is 2. The normalized spacial score (nSPS) is 15.8. The number of benzene rings is 2. The highest BCUT2D eigenvalue weighted by molar-refractivity contribution is 7.98. The van der Waals surface area contributed by atoms with Gasteiger partial charge in [-0.25, -0.2) is 0 Å². The van der Waals surface area contributed by atoms with E-state index < -0.39 is 6.04 Å². The lowest BCUT2D eigenvalue weighted by atomic mass is 10.1. The number of nitrogens with zero attached hydrogens (tertiary/aromatic N) is 1. The first kappa shape index (κ1) is 17.5. The van der Waals surface area contributed by atoms with Crippen LogP contribution in [0.3, 0.4) is 0 Å². The number of hydrogen-bond acceptors (Lipinski definition) is 3. The van der Waals surface area contributed by atoms with Gasteiger partial charge in [-0.1, -0.05) is 30.3 Å². The summed E-state index contributed by atoms with van der Waals surface area (Å²) >= 11 is 1.71. The highest BCUT2D eigenvalue weighted by Crippen LogP contribution is 2.32. The van der Waals surface area contributed by atoms with Crippen LogP contribution in [-0.4, -0.2) is 30.7 Å². The van der Waals surface area contributed by atoms with Gasteiger partial charge in [0.2, 0.25) is 11.8 Å². The van der Waals surface area contributed by atoms with Crippen molar-refractivity contribution in [1.82, 2.24) is 5.32 Å². The van der Waals surface area contributed by atoms with Crippen molar-refractivity contribution < 1.29 is 9.59 Å². The topological polar surface area (TPSA) is 49.4 Å². The summed E-state index contributed by atoms with van der Waals surface area (Å²) in [5.41, 5.74) is 3.09. The molecule has 0 saturated heterocycles. The van der Waals surface area contributed by atoms with Gasteiger partial charge in [0.05, 0.1) is 0 Å². The third-order valence-corrected chi connectivity index (χ3v) is 5.23. The number of rotatable bonds is 5. The summed E-state index contributed by atoms with van der Waals surface area (Å²) in [4.78, 5) is 27.5. The number of carbonyl (C=O) groups is 2. The van der Waals surface area contributed by atoms with Crippen LogP contribution in [0.15, 0.2) is 53.4 Å². The van der Waals surface area contributed by atoms with Crippen molar-refractivity contribution in [1.29, 1.82) is 0 Å². The molecule has 130 valence electrons. The summed E-state index contributed by atoms with van der Waals surface area (Å²) in [5.74, 6) is -0.190. The Hall–Kier alpha value is -2.27. The molecule has 0 bridgehead atoms. The van der Waals surface area contributed by atoms with Gasteiger partial charge in [-0.15, -0.1) is 11.8 Å². The Morgan fingerprint density at radius 3 is 2.56 bits per heavy atom. The number of thioether (sulfide) groups is 1. The molecule has 4 nitrogen and oxygen atoms in total. The highest BCUT2D eigenvalue weighted by Gasteiger charge is 2.36. The maximum Gasteiger partial charge on any atom is 0.243 e. The lowest BCUT2D eigenvalue weighted by molar-refractivity contribution is -0.125. The Morgan fingerprint density at radius 2 is 1.88 bits per heavy atom. The van der Waals surface area contributed by atoms with E-state index in [-0.39, 0.29) is 11.8 Å². The monoisotopic (exact) mass is 354 g/mol. The Bertz CT molecular complexity index is 774.